The zero-order valence-electron chi connectivity index (χ0n) is 10.9. The summed E-state index contributed by atoms with van der Waals surface area (Å²) in [7, 11) is 0. The standard InChI is InChI=1S/C14H18ClNO3/c1-14(10-15,11-5-3-2-4-6-11)16-13(17)12-9-18-7-8-19-12/h2-6,12H,7-10H2,1H3,(H,16,17). The highest BCUT2D eigenvalue weighted by Gasteiger charge is 2.32. The molecule has 4 nitrogen and oxygen atoms in total. The van der Waals surface area contributed by atoms with Gasteiger partial charge in [-0.15, -0.1) is 11.6 Å². The highest BCUT2D eigenvalue weighted by Crippen LogP contribution is 2.22. The van der Waals surface area contributed by atoms with Crippen LogP contribution in [0.5, 0.6) is 0 Å². The maximum atomic E-state index is 12.2. The quantitative estimate of drug-likeness (QED) is 0.855. The largest absolute Gasteiger partial charge is 0.376 e. The second-order valence-corrected chi connectivity index (χ2v) is 5.02. The van der Waals surface area contributed by atoms with Crippen molar-refractivity contribution in [2.45, 2.75) is 18.6 Å². The Kier molecular flexibility index (Phi) is 4.80. The van der Waals surface area contributed by atoms with E-state index < -0.39 is 11.6 Å². The highest BCUT2D eigenvalue weighted by atomic mass is 35.5. The summed E-state index contributed by atoms with van der Waals surface area (Å²) >= 11 is 6.04. The fourth-order valence-electron chi connectivity index (χ4n) is 1.98. The molecule has 2 unspecified atom stereocenters. The topological polar surface area (TPSA) is 47.6 Å². The fourth-order valence-corrected chi connectivity index (χ4v) is 2.20. The zero-order valence-corrected chi connectivity index (χ0v) is 11.7. The SMILES string of the molecule is CC(CCl)(NC(=O)C1COCCO1)c1ccccc1. The summed E-state index contributed by atoms with van der Waals surface area (Å²) in [5.41, 5.74) is 0.357. The van der Waals surface area contributed by atoms with Gasteiger partial charge in [0.25, 0.3) is 5.91 Å². The minimum atomic E-state index is -0.610. The van der Waals surface area contributed by atoms with Crippen molar-refractivity contribution in [1.82, 2.24) is 5.32 Å². The normalized spacial score (nSPS) is 22.5. The summed E-state index contributed by atoms with van der Waals surface area (Å²) in [5.74, 6) is 0.0998. The lowest BCUT2D eigenvalue weighted by atomic mass is 9.94. The molecule has 1 aliphatic rings. The minimum Gasteiger partial charge on any atom is -0.376 e. The Hall–Kier alpha value is -1.10. The predicted octanol–water partition coefficient (Wildman–Crippen LogP) is 1.67. The summed E-state index contributed by atoms with van der Waals surface area (Å²) in [6, 6.07) is 9.67. The van der Waals surface area contributed by atoms with Gasteiger partial charge in [0.15, 0.2) is 6.10 Å². The van der Waals surface area contributed by atoms with Crippen molar-refractivity contribution in [1.29, 1.82) is 0 Å². The van der Waals surface area contributed by atoms with Crippen molar-refractivity contribution in [3.63, 3.8) is 0 Å². The van der Waals surface area contributed by atoms with Crippen LogP contribution in [0.2, 0.25) is 0 Å². The molecule has 19 heavy (non-hydrogen) atoms. The average Bonchev–Trinajstić information content (AvgIpc) is 2.49. The van der Waals surface area contributed by atoms with Crippen molar-refractivity contribution in [3.05, 3.63) is 35.9 Å². The molecule has 0 aliphatic carbocycles. The van der Waals surface area contributed by atoms with Crippen molar-refractivity contribution in [2.24, 2.45) is 0 Å². The molecule has 104 valence electrons. The van der Waals surface area contributed by atoms with Crippen LogP contribution in [0.3, 0.4) is 0 Å². The third-order valence-electron chi connectivity index (χ3n) is 3.19. The van der Waals surface area contributed by atoms with Gasteiger partial charge in [-0.2, -0.15) is 0 Å². The van der Waals surface area contributed by atoms with Crippen molar-refractivity contribution in [3.8, 4) is 0 Å². The number of halogens is 1. The van der Waals surface area contributed by atoms with E-state index in [9.17, 15) is 4.79 Å². The van der Waals surface area contributed by atoms with Crippen LogP contribution in [-0.4, -0.2) is 37.7 Å². The van der Waals surface area contributed by atoms with Crippen molar-refractivity contribution in [2.75, 3.05) is 25.7 Å². The number of hydrogen-bond acceptors (Lipinski definition) is 3. The van der Waals surface area contributed by atoms with E-state index in [1.165, 1.54) is 0 Å². The number of carbonyl (C=O) groups is 1. The van der Waals surface area contributed by atoms with Crippen molar-refractivity contribution < 1.29 is 14.3 Å². The first-order valence-corrected chi connectivity index (χ1v) is 6.82. The predicted molar refractivity (Wildman–Crippen MR) is 73.2 cm³/mol. The molecule has 1 heterocycles. The average molecular weight is 284 g/mol. The Labute approximate surface area is 118 Å². The van der Waals surface area contributed by atoms with E-state index in [0.717, 1.165) is 5.56 Å². The van der Waals surface area contributed by atoms with Gasteiger partial charge >= 0.3 is 0 Å². The van der Waals surface area contributed by atoms with Gasteiger partial charge in [-0.3, -0.25) is 4.79 Å². The number of rotatable bonds is 4. The molecular formula is C14H18ClNO3. The molecule has 2 atom stereocenters. The monoisotopic (exact) mass is 283 g/mol. The molecule has 1 aromatic carbocycles. The van der Waals surface area contributed by atoms with Gasteiger partial charge in [-0.1, -0.05) is 30.3 Å². The zero-order chi connectivity index (χ0) is 13.7. The van der Waals surface area contributed by atoms with Crippen LogP contribution in [-0.2, 0) is 19.8 Å². The molecule has 0 aromatic heterocycles. The molecule has 0 bridgehead atoms. The van der Waals surface area contributed by atoms with Crippen LogP contribution in [0.25, 0.3) is 0 Å². The second-order valence-electron chi connectivity index (χ2n) is 4.76. The van der Waals surface area contributed by atoms with E-state index >= 15 is 0 Å². The summed E-state index contributed by atoms with van der Waals surface area (Å²) < 4.78 is 10.6. The minimum absolute atomic E-state index is 0.188. The number of nitrogens with one attached hydrogen (secondary N) is 1. The Morgan fingerprint density at radius 1 is 1.42 bits per heavy atom. The fraction of sp³-hybridized carbons (Fsp3) is 0.500. The number of amides is 1. The van der Waals surface area contributed by atoms with Gasteiger partial charge in [0, 0.05) is 5.88 Å². The van der Waals surface area contributed by atoms with E-state index in [4.69, 9.17) is 21.1 Å². The smallest absolute Gasteiger partial charge is 0.252 e. The Balaban J connectivity index is 2.07. The molecule has 1 saturated heterocycles. The third-order valence-corrected chi connectivity index (χ3v) is 3.72. The summed E-state index contributed by atoms with van der Waals surface area (Å²) in [5, 5.41) is 2.95. The third kappa shape index (κ3) is 3.47. The number of alkyl halides is 1. The molecule has 5 heteroatoms. The molecule has 1 aliphatic heterocycles. The van der Waals surface area contributed by atoms with Crippen molar-refractivity contribution >= 4 is 17.5 Å². The van der Waals surface area contributed by atoms with Crippen LogP contribution in [0, 0.1) is 0 Å². The van der Waals surface area contributed by atoms with E-state index in [1.54, 1.807) is 0 Å². The van der Waals surface area contributed by atoms with E-state index in [0.29, 0.717) is 19.8 Å². The first-order valence-electron chi connectivity index (χ1n) is 6.28. The van der Waals surface area contributed by atoms with Gasteiger partial charge in [0.05, 0.1) is 25.4 Å². The van der Waals surface area contributed by atoms with Crippen LogP contribution in [0.1, 0.15) is 12.5 Å². The number of benzene rings is 1. The van der Waals surface area contributed by atoms with E-state index in [2.05, 4.69) is 5.32 Å². The lowest BCUT2D eigenvalue weighted by molar-refractivity contribution is -0.149. The van der Waals surface area contributed by atoms with Gasteiger partial charge < -0.3 is 14.8 Å². The number of carbonyl (C=O) groups excluding carboxylic acids is 1. The Morgan fingerprint density at radius 2 is 2.16 bits per heavy atom. The van der Waals surface area contributed by atoms with E-state index in [1.807, 2.05) is 37.3 Å². The van der Waals surface area contributed by atoms with E-state index in [-0.39, 0.29) is 11.8 Å². The molecule has 0 spiro atoms. The van der Waals surface area contributed by atoms with Gasteiger partial charge in [0.2, 0.25) is 0 Å². The van der Waals surface area contributed by atoms with Crippen LogP contribution >= 0.6 is 11.6 Å². The molecule has 2 rings (SSSR count). The summed E-state index contributed by atoms with van der Waals surface area (Å²) in [6.07, 6.45) is -0.556. The van der Waals surface area contributed by atoms with Gasteiger partial charge in [0.1, 0.15) is 0 Å². The maximum absolute atomic E-state index is 12.2. The molecule has 0 saturated carbocycles. The Morgan fingerprint density at radius 3 is 2.74 bits per heavy atom. The lowest BCUT2D eigenvalue weighted by Gasteiger charge is -2.32. The summed E-state index contributed by atoms with van der Waals surface area (Å²) in [4.78, 5) is 12.2. The van der Waals surface area contributed by atoms with Crippen LogP contribution in [0.4, 0.5) is 0 Å². The molecule has 1 N–H and O–H groups in total. The first kappa shape index (κ1) is 14.3. The number of hydrogen-bond donors (Lipinski definition) is 1. The molecular weight excluding hydrogens is 266 g/mol. The highest BCUT2D eigenvalue weighted by molar-refractivity contribution is 6.18. The van der Waals surface area contributed by atoms with Gasteiger partial charge in [-0.05, 0) is 12.5 Å². The molecule has 1 aromatic rings. The first-order chi connectivity index (χ1) is 9.15. The van der Waals surface area contributed by atoms with Crippen LogP contribution < -0.4 is 5.32 Å². The molecule has 0 radical (unpaired) electrons. The molecule has 1 fully saturated rings. The number of ether oxygens (including phenoxy) is 2. The van der Waals surface area contributed by atoms with Crippen LogP contribution in [0.15, 0.2) is 30.3 Å². The Bertz CT molecular complexity index is 420. The molecule has 1 amide bonds. The maximum Gasteiger partial charge on any atom is 0.252 e. The lowest BCUT2D eigenvalue weighted by Crippen LogP contribution is -2.51. The second kappa shape index (κ2) is 6.37. The van der Waals surface area contributed by atoms with Gasteiger partial charge in [-0.25, -0.2) is 0 Å². The summed E-state index contributed by atoms with van der Waals surface area (Å²) in [6.45, 7) is 3.17.